The van der Waals surface area contributed by atoms with Crippen LogP contribution in [0.3, 0.4) is 0 Å². The fraction of sp³-hybridized carbons (Fsp3) is 0.500. The average Bonchev–Trinajstić information content (AvgIpc) is 2.22. The van der Waals surface area contributed by atoms with Crippen molar-refractivity contribution in [3.63, 3.8) is 0 Å². The molecule has 4 heteroatoms. The van der Waals surface area contributed by atoms with Crippen LogP contribution in [0.15, 0.2) is 18.2 Å². The molecule has 0 saturated carbocycles. The van der Waals surface area contributed by atoms with Crippen molar-refractivity contribution < 1.29 is 9.18 Å². The Balaban J connectivity index is 2.72. The molecule has 0 aliphatic heterocycles. The van der Waals surface area contributed by atoms with Crippen LogP contribution >= 0.6 is 11.6 Å². The summed E-state index contributed by atoms with van der Waals surface area (Å²) in [6.07, 6.45) is -0.0358. The van der Waals surface area contributed by atoms with E-state index in [9.17, 15) is 9.18 Å². The second kappa shape index (κ2) is 5.70. The van der Waals surface area contributed by atoms with Crippen molar-refractivity contribution in [2.45, 2.75) is 40.2 Å². The Morgan fingerprint density at radius 1 is 1.44 bits per heavy atom. The van der Waals surface area contributed by atoms with E-state index in [-0.39, 0.29) is 34.4 Å². The van der Waals surface area contributed by atoms with Crippen LogP contribution in [-0.4, -0.2) is 11.9 Å². The van der Waals surface area contributed by atoms with Crippen LogP contribution < -0.4 is 5.32 Å². The van der Waals surface area contributed by atoms with Gasteiger partial charge in [0.2, 0.25) is 5.91 Å². The van der Waals surface area contributed by atoms with Gasteiger partial charge >= 0.3 is 0 Å². The predicted molar refractivity (Wildman–Crippen MR) is 72.2 cm³/mol. The zero-order valence-electron chi connectivity index (χ0n) is 11.2. The molecule has 1 aromatic rings. The summed E-state index contributed by atoms with van der Waals surface area (Å²) in [4.78, 5) is 11.8. The minimum absolute atomic E-state index is 0.00977. The van der Waals surface area contributed by atoms with Gasteiger partial charge in [0.15, 0.2) is 0 Å². The summed E-state index contributed by atoms with van der Waals surface area (Å²) in [6, 6.07) is 4.43. The molecule has 2 nitrogen and oxygen atoms in total. The number of amides is 1. The van der Waals surface area contributed by atoms with Gasteiger partial charge in [0, 0.05) is 16.6 Å². The lowest BCUT2D eigenvalue weighted by Crippen LogP contribution is -2.42. The first-order valence-electron chi connectivity index (χ1n) is 5.94. The maximum absolute atomic E-state index is 13.5. The molecule has 0 fully saturated rings. The van der Waals surface area contributed by atoms with E-state index in [4.69, 9.17) is 11.6 Å². The lowest BCUT2D eigenvalue weighted by Gasteiger charge is -2.28. The van der Waals surface area contributed by atoms with Crippen LogP contribution in [0.25, 0.3) is 0 Å². The SMILES string of the molecule is C[C@@H](NC(=O)Cc1c(F)cccc1Cl)C(C)(C)C. The first-order chi connectivity index (χ1) is 8.21. The molecule has 0 aliphatic rings. The Kier molecular flexibility index (Phi) is 4.74. The first-order valence-corrected chi connectivity index (χ1v) is 6.32. The van der Waals surface area contributed by atoms with Gasteiger partial charge in [0.1, 0.15) is 5.82 Å². The summed E-state index contributed by atoms with van der Waals surface area (Å²) in [5.74, 6) is -0.662. The summed E-state index contributed by atoms with van der Waals surface area (Å²) in [5.41, 5.74) is 0.215. The second-order valence-corrected chi connectivity index (χ2v) is 5.94. The van der Waals surface area contributed by atoms with Crippen LogP contribution in [0.2, 0.25) is 5.02 Å². The highest BCUT2D eigenvalue weighted by atomic mass is 35.5. The third kappa shape index (κ3) is 3.98. The van der Waals surface area contributed by atoms with Crippen molar-refractivity contribution in [2.24, 2.45) is 5.41 Å². The number of nitrogens with one attached hydrogen (secondary N) is 1. The third-order valence-corrected chi connectivity index (χ3v) is 3.43. The maximum atomic E-state index is 13.5. The summed E-state index contributed by atoms with van der Waals surface area (Å²) in [7, 11) is 0. The first kappa shape index (κ1) is 15.0. The molecule has 0 spiro atoms. The Morgan fingerprint density at radius 2 is 2.06 bits per heavy atom. The molecule has 0 bridgehead atoms. The molecular weight excluding hydrogens is 253 g/mol. The Hall–Kier alpha value is -1.09. The number of benzene rings is 1. The Bertz CT molecular complexity index is 420. The van der Waals surface area contributed by atoms with Gasteiger partial charge in [-0.3, -0.25) is 4.79 Å². The third-order valence-electron chi connectivity index (χ3n) is 3.08. The molecule has 1 amide bonds. The molecule has 18 heavy (non-hydrogen) atoms. The highest BCUT2D eigenvalue weighted by molar-refractivity contribution is 6.31. The summed E-state index contributed by atoms with van der Waals surface area (Å²) in [5, 5.41) is 3.14. The van der Waals surface area contributed by atoms with Crippen molar-refractivity contribution in [1.82, 2.24) is 5.32 Å². The predicted octanol–water partition coefficient (Wildman–Crippen LogP) is 3.57. The van der Waals surface area contributed by atoms with Crippen LogP contribution in [0.5, 0.6) is 0 Å². The van der Waals surface area contributed by atoms with E-state index in [2.05, 4.69) is 5.32 Å². The fourth-order valence-electron chi connectivity index (χ4n) is 1.37. The van der Waals surface area contributed by atoms with E-state index >= 15 is 0 Å². The molecule has 1 atom stereocenters. The van der Waals surface area contributed by atoms with E-state index in [0.717, 1.165) is 0 Å². The molecule has 0 radical (unpaired) electrons. The van der Waals surface area contributed by atoms with E-state index in [0.29, 0.717) is 0 Å². The Labute approximate surface area is 113 Å². The van der Waals surface area contributed by atoms with Crippen molar-refractivity contribution in [3.05, 3.63) is 34.6 Å². The molecule has 1 aromatic carbocycles. The largest absolute Gasteiger partial charge is 0.353 e. The topological polar surface area (TPSA) is 29.1 Å². The van der Waals surface area contributed by atoms with Gasteiger partial charge in [-0.2, -0.15) is 0 Å². The van der Waals surface area contributed by atoms with Gasteiger partial charge in [-0.25, -0.2) is 4.39 Å². The number of hydrogen-bond acceptors (Lipinski definition) is 1. The number of rotatable bonds is 3. The van der Waals surface area contributed by atoms with Gasteiger partial charge in [-0.05, 0) is 24.5 Å². The normalized spacial score (nSPS) is 13.2. The minimum atomic E-state index is -0.443. The van der Waals surface area contributed by atoms with Crippen molar-refractivity contribution >= 4 is 17.5 Å². The maximum Gasteiger partial charge on any atom is 0.224 e. The average molecular weight is 272 g/mol. The fourth-order valence-corrected chi connectivity index (χ4v) is 1.60. The molecule has 1 N–H and O–H groups in total. The molecule has 0 saturated heterocycles. The second-order valence-electron chi connectivity index (χ2n) is 5.53. The zero-order valence-corrected chi connectivity index (χ0v) is 11.9. The van der Waals surface area contributed by atoms with Crippen molar-refractivity contribution in [3.8, 4) is 0 Å². The smallest absolute Gasteiger partial charge is 0.224 e. The molecule has 0 unspecified atom stereocenters. The van der Waals surface area contributed by atoms with Gasteiger partial charge in [-0.1, -0.05) is 38.4 Å². The summed E-state index contributed by atoms with van der Waals surface area (Å²) < 4.78 is 13.5. The highest BCUT2D eigenvalue weighted by Crippen LogP contribution is 2.21. The number of hydrogen-bond donors (Lipinski definition) is 1. The van der Waals surface area contributed by atoms with Gasteiger partial charge in [0.05, 0.1) is 6.42 Å². The van der Waals surface area contributed by atoms with Crippen LogP contribution in [0, 0.1) is 11.2 Å². The molecule has 100 valence electrons. The summed E-state index contributed by atoms with van der Waals surface area (Å²) in [6.45, 7) is 8.04. The van der Waals surface area contributed by atoms with Gasteiger partial charge in [-0.15, -0.1) is 0 Å². The minimum Gasteiger partial charge on any atom is -0.353 e. The number of carbonyl (C=O) groups is 1. The summed E-state index contributed by atoms with van der Waals surface area (Å²) >= 11 is 5.88. The van der Waals surface area contributed by atoms with Crippen molar-refractivity contribution in [2.75, 3.05) is 0 Å². The zero-order chi connectivity index (χ0) is 13.9. The van der Waals surface area contributed by atoms with Crippen molar-refractivity contribution in [1.29, 1.82) is 0 Å². The molecule has 0 aromatic heterocycles. The monoisotopic (exact) mass is 271 g/mol. The van der Waals surface area contributed by atoms with Crippen LogP contribution in [0.1, 0.15) is 33.3 Å². The van der Waals surface area contributed by atoms with E-state index < -0.39 is 5.82 Å². The lowest BCUT2D eigenvalue weighted by atomic mass is 9.88. The van der Waals surface area contributed by atoms with E-state index in [1.54, 1.807) is 6.07 Å². The lowest BCUT2D eigenvalue weighted by molar-refractivity contribution is -0.121. The van der Waals surface area contributed by atoms with E-state index in [1.807, 2.05) is 27.7 Å². The molecule has 0 aliphatic carbocycles. The standard InChI is InChI=1S/C14H19ClFNO/c1-9(14(2,3)4)17-13(18)8-10-11(15)6-5-7-12(10)16/h5-7,9H,8H2,1-4H3,(H,17,18)/t9-/m1/s1. The Morgan fingerprint density at radius 3 is 2.56 bits per heavy atom. The van der Waals surface area contributed by atoms with Gasteiger partial charge in [0.25, 0.3) is 0 Å². The molecule has 1 rings (SSSR count). The molecular formula is C14H19ClFNO. The number of halogens is 2. The molecule has 0 heterocycles. The quantitative estimate of drug-likeness (QED) is 0.895. The van der Waals surface area contributed by atoms with Crippen LogP contribution in [0.4, 0.5) is 4.39 Å². The number of carbonyl (C=O) groups excluding carboxylic acids is 1. The van der Waals surface area contributed by atoms with E-state index in [1.165, 1.54) is 12.1 Å². The van der Waals surface area contributed by atoms with Gasteiger partial charge < -0.3 is 5.32 Å². The highest BCUT2D eigenvalue weighted by Gasteiger charge is 2.22. The van der Waals surface area contributed by atoms with Crippen LogP contribution in [-0.2, 0) is 11.2 Å².